The molecule has 3 nitrogen and oxygen atoms in total. The smallest absolute Gasteiger partial charge is 0.134 e. The van der Waals surface area contributed by atoms with Gasteiger partial charge >= 0.3 is 0 Å². The van der Waals surface area contributed by atoms with Gasteiger partial charge in [0.15, 0.2) is 0 Å². The Labute approximate surface area is 107 Å². The van der Waals surface area contributed by atoms with Crippen molar-refractivity contribution in [2.24, 2.45) is 5.73 Å². The zero-order valence-electron chi connectivity index (χ0n) is 10.6. The molecule has 1 aromatic carbocycles. The maximum absolute atomic E-state index is 5.91. The van der Waals surface area contributed by atoms with Crippen molar-refractivity contribution in [2.75, 3.05) is 0 Å². The summed E-state index contributed by atoms with van der Waals surface area (Å²) in [6.07, 6.45) is 4.64. The van der Waals surface area contributed by atoms with Crippen molar-refractivity contribution in [3.05, 3.63) is 36.1 Å². The lowest BCUT2D eigenvalue weighted by Crippen LogP contribution is -2.36. The monoisotopic (exact) mass is 244 g/mol. The molecule has 18 heavy (non-hydrogen) atoms. The van der Waals surface area contributed by atoms with E-state index >= 15 is 0 Å². The van der Waals surface area contributed by atoms with Crippen LogP contribution >= 0.6 is 0 Å². The zero-order chi connectivity index (χ0) is 12.4. The molecule has 3 N–H and O–H groups in total. The van der Waals surface area contributed by atoms with Gasteiger partial charge in [-0.1, -0.05) is 18.2 Å². The summed E-state index contributed by atoms with van der Waals surface area (Å²) in [5.41, 5.74) is 6.88. The van der Waals surface area contributed by atoms with Crippen LogP contribution in [0.2, 0.25) is 0 Å². The van der Waals surface area contributed by atoms with Crippen molar-refractivity contribution in [2.45, 2.75) is 44.3 Å². The van der Waals surface area contributed by atoms with Crippen LogP contribution in [0.1, 0.15) is 31.4 Å². The summed E-state index contributed by atoms with van der Waals surface area (Å²) in [5.74, 6) is 1.02. The molecule has 3 rings (SSSR count). The second-order valence-electron chi connectivity index (χ2n) is 5.24. The highest BCUT2D eigenvalue weighted by Gasteiger charge is 2.18. The fourth-order valence-electron chi connectivity index (χ4n) is 2.69. The number of para-hydroxylation sites is 1. The summed E-state index contributed by atoms with van der Waals surface area (Å²) in [5, 5.41) is 4.75. The first kappa shape index (κ1) is 11.8. The number of nitrogens with two attached hydrogens (primary N) is 1. The maximum atomic E-state index is 5.91. The SMILES string of the molecule is NC1CCC(NCc2cc3ccccc3o2)CC1. The van der Waals surface area contributed by atoms with Crippen LogP contribution in [0.3, 0.4) is 0 Å². The molecule has 1 aliphatic carbocycles. The summed E-state index contributed by atoms with van der Waals surface area (Å²) in [4.78, 5) is 0. The summed E-state index contributed by atoms with van der Waals surface area (Å²) in [6, 6.07) is 11.3. The first-order valence-corrected chi connectivity index (χ1v) is 6.78. The van der Waals surface area contributed by atoms with Gasteiger partial charge in [0, 0.05) is 17.5 Å². The van der Waals surface area contributed by atoms with Crippen molar-refractivity contribution < 1.29 is 4.42 Å². The molecule has 0 bridgehead atoms. The molecule has 1 saturated carbocycles. The van der Waals surface area contributed by atoms with Crippen LogP contribution in [-0.2, 0) is 6.54 Å². The van der Waals surface area contributed by atoms with Gasteiger partial charge in [0.25, 0.3) is 0 Å². The number of nitrogens with one attached hydrogen (secondary N) is 1. The average Bonchev–Trinajstić information content (AvgIpc) is 2.81. The molecule has 0 saturated heterocycles. The summed E-state index contributed by atoms with van der Waals surface area (Å²) in [7, 11) is 0. The van der Waals surface area contributed by atoms with Crippen LogP contribution in [0, 0.1) is 0 Å². The van der Waals surface area contributed by atoms with E-state index in [0.29, 0.717) is 12.1 Å². The Morgan fingerprint density at radius 1 is 1.17 bits per heavy atom. The van der Waals surface area contributed by atoms with Crippen molar-refractivity contribution in [3.63, 3.8) is 0 Å². The Hall–Kier alpha value is -1.32. The maximum Gasteiger partial charge on any atom is 0.134 e. The first-order chi connectivity index (χ1) is 8.81. The molecule has 1 heterocycles. The predicted molar refractivity (Wildman–Crippen MR) is 73.3 cm³/mol. The van der Waals surface area contributed by atoms with Crippen LogP contribution in [0.15, 0.2) is 34.7 Å². The van der Waals surface area contributed by atoms with Crippen molar-refractivity contribution in [1.29, 1.82) is 0 Å². The minimum absolute atomic E-state index is 0.411. The van der Waals surface area contributed by atoms with E-state index in [1.165, 1.54) is 18.2 Å². The van der Waals surface area contributed by atoms with Gasteiger partial charge in [-0.3, -0.25) is 0 Å². The number of fused-ring (bicyclic) bond motifs is 1. The van der Waals surface area contributed by atoms with Crippen LogP contribution in [0.5, 0.6) is 0 Å². The number of furan rings is 1. The lowest BCUT2D eigenvalue weighted by atomic mass is 9.92. The predicted octanol–water partition coefficient (Wildman–Crippen LogP) is 2.79. The first-order valence-electron chi connectivity index (χ1n) is 6.78. The molecular formula is C15H20N2O. The van der Waals surface area contributed by atoms with E-state index in [0.717, 1.165) is 30.7 Å². The van der Waals surface area contributed by atoms with Gasteiger partial charge in [0.2, 0.25) is 0 Å². The highest BCUT2D eigenvalue weighted by atomic mass is 16.3. The molecule has 0 amide bonds. The Bertz CT molecular complexity index is 479. The fraction of sp³-hybridized carbons (Fsp3) is 0.467. The van der Waals surface area contributed by atoms with Crippen molar-refractivity contribution in [3.8, 4) is 0 Å². The second-order valence-corrected chi connectivity index (χ2v) is 5.24. The summed E-state index contributed by atoms with van der Waals surface area (Å²) >= 11 is 0. The van der Waals surface area contributed by atoms with E-state index in [2.05, 4.69) is 17.4 Å². The third-order valence-electron chi connectivity index (χ3n) is 3.81. The van der Waals surface area contributed by atoms with E-state index < -0.39 is 0 Å². The van der Waals surface area contributed by atoms with Gasteiger partial charge in [0.1, 0.15) is 11.3 Å². The van der Waals surface area contributed by atoms with Gasteiger partial charge in [-0.05, 0) is 37.8 Å². The molecule has 0 atom stereocenters. The minimum atomic E-state index is 0.411. The quantitative estimate of drug-likeness (QED) is 0.873. The summed E-state index contributed by atoms with van der Waals surface area (Å²) < 4.78 is 5.79. The van der Waals surface area contributed by atoms with Gasteiger partial charge in [0.05, 0.1) is 6.54 Å². The largest absolute Gasteiger partial charge is 0.460 e. The topological polar surface area (TPSA) is 51.2 Å². The molecule has 1 fully saturated rings. The molecule has 2 aromatic rings. The summed E-state index contributed by atoms with van der Waals surface area (Å²) in [6.45, 7) is 0.814. The molecule has 1 aromatic heterocycles. The van der Waals surface area contributed by atoms with Gasteiger partial charge < -0.3 is 15.5 Å². The van der Waals surface area contributed by atoms with Crippen LogP contribution in [0.25, 0.3) is 11.0 Å². The molecular weight excluding hydrogens is 224 g/mol. The van der Waals surface area contributed by atoms with Crippen molar-refractivity contribution in [1.82, 2.24) is 5.32 Å². The molecule has 1 aliphatic rings. The highest BCUT2D eigenvalue weighted by Crippen LogP contribution is 2.20. The number of rotatable bonds is 3. The van der Waals surface area contributed by atoms with Gasteiger partial charge in [-0.2, -0.15) is 0 Å². The normalized spacial score (nSPS) is 24.5. The van der Waals surface area contributed by atoms with E-state index in [1.54, 1.807) is 0 Å². The average molecular weight is 244 g/mol. The number of hydrogen-bond donors (Lipinski definition) is 2. The molecule has 0 unspecified atom stereocenters. The lowest BCUT2D eigenvalue weighted by Gasteiger charge is -2.26. The van der Waals surface area contributed by atoms with Gasteiger partial charge in [-0.25, -0.2) is 0 Å². The van der Waals surface area contributed by atoms with E-state index in [-0.39, 0.29) is 0 Å². The second kappa shape index (κ2) is 5.12. The van der Waals surface area contributed by atoms with Crippen LogP contribution in [-0.4, -0.2) is 12.1 Å². The molecule has 0 spiro atoms. The molecule has 0 radical (unpaired) electrons. The van der Waals surface area contributed by atoms with Crippen LogP contribution in [0.4, 0.5) is 0 Å². The van der Waals surface area contributed by atoms with E-state index in [4.69, 9.17) is 10.2 Å². The zero-order valence-corrected chi connectivity index (χ0v) is 10.6. The molecule has 0 aliphatic heterocycles. The third-order valence-corrected chi connectivity index (χ3v) is 3.81. The number of benzene rings is 1. The minimum Gasteiger partial charge on any atom is -0.460 e. The number of hydrogen-bond acceptors (Lipinski definition) is 3. The molecule has 96 valence electrons. The standard InChI is InChI=1S/C15H20N2O/c16-12-5-7-13(8-6-12)17-10-14-9-11-3-1-2-4-15(11)18-14/h1-4,9,12-13,17H,5-8,10,16H2. The lowest BCUT2D eigenvalue weighted by molar-refractivity contribution is 0.333. The Balaban J connectivity index is 1.59. The Morgan fingerprint density at radius 3 is 2.72 bits per heavy atom. The van der Waals surface area contributed by atoms with Gasteiger partial charge in [-0.15, -0.1) is 0 Å². The van der Waals surface area contributed by atoms with E-state index in [9.17, 15) is 0 Å². The Kier molecular flexibility index (Phi) is 3.35. The van der Waals surface area contributed by atoms with E-state index in [1.807, 2.05) is 18.2 Å². The Morgan fingerprint density at radius 2 is 1.94 bits per heavy atom. The fourth-order valence-corrected chi connectivity index (χ4v) is 2.69. The third kappa shape index (κ3) is 2.57. The van der Waals surface area contributed by atoms with Crippen molar-refractivity contribution >= 4 is 11.0 Å². The van der Waals surface area contributed by atoms with Crippen LogP contribution < -0.4 is 11.1 Å². The molecule has 3 heteroatoms. The highest BCUT2D eigenvalue weighted by molar-refractivity contribution is 5.77.